The Morgan fingerprint density at radius 3 is 2.03 bits per heavy atom. The van der Waals surface area contributed by atoms with E-state index in [-0.39, 0.29) is 5.97 Å². The normalized spacial score (nSPS) is 9.97. The summed E-state index contributed by atoms with van der Waals surface area (Å²) in [7, 11) is 0. The van der Waals surface area contributed by atoms with Gasteiger partial charge >= 0.3 is 5.97 Å². The molecule has 2 aromatic heterocycles. The molecule has 0 bridgehead atoms. The highest BCUT2D eigenvalue weighted by molar-refractivity contribution is 7.10. The fourth-order valence-corrected chi connectivity index (χ4v) is 3.40. The number of nitrogens with zero attached hydrogens (tertiary/aromatic N) is 4. The molecular weight excluding hydrogens is 408 g/mol. The first-order valence-electron chi connectivity index (χ1n) is 8.65. The van der Waals surface area contributed by atoms with Crippen LogP contribution in [-0.2, 0) is 9.63 Å². The molecule has 0 unspecified atom stereocenters. The smallest absolute Gasteiger partial charge is 0.331 e. The van der Waals surface area contributed by atoms with E-state index in [0.717, 1.165) is 20.9 Å². The summed E-state index contributed by atoms with van der Waals surface area (Å²) in [5, 5.41) is 7.62. The zero-order chi connectivity index (χ0) is 20.5. The quantitative estimate of drug-likeness (QED) is 0.455. The van der Waals surface area contributed by atoms with E-state index in [1.807, 2.05) is 60.7 Å². The van der Waals surface area contributed by atoms with Crippen LogP contribution in [0.2, 0.25) is 0 Å². The van der Waals surface area contributed by atoms with Crippen LogP contribution in [0, 0.1) is 0 Å². The lowest BCUT2D eigenvalue weighted by Gasteiger charge is -2.04. The van der Waals surface area contributed by atoms with E-state index in [4.69, 9.17) is 10.6 Å². The number of nitrogen functional groups attached to an aromatic ring is 1. The fraction of sp³-hybridized carbons (Fsp3) is 0.105. The van der Waals surface area contributed by atoms with E-state index in [9.17, 15) is 4.79 Å². The van der Waals surface area contributed by atoms with Crippen molar-refractivity contribution < 1.29 is 9.63 Å². The largest absolute Gasteiger partial charge is 0.381 e. The van der Waals surface area contributed by atoms with Crippen LogP contribution in [0.25, 0.3) is 20.9 Å². The second-order valence-corrected chi connectivity index (χ2v) is 7.11. The predicted octanol–water partition coefficient (Wildman–Crippen LogP) is 4.27. The first kappa shape index (κ1) is 20.4. The van der Waals surface area contributed by atoms with Gasteiger partial charge in [-0.3, -0.25) is 0 Å². The molecule has 0 radical (unpaired) electrons. The van der Waals surface area contributed by atoms with Crippen molar-refractivity contribution >= 4 is 40.7 Å². The van der Waals surface area contributed by atoms with Gasteiger partial charge in [0.25, 0.3) is 0 Å². The van der Waals surface area contributed by atoms with E-state index in [2.05, 4.69) is 24.7 Å². The van der Waals surface area contributed by atoms with Gasteiger partial charge in [-0.15, -0.1) is 10.2 Å². The third kappa shape index (κ3) is 5.56. The Hall–Kier alpha value is -3.37. The molecule has 29 heavy (non-hydrogen) atoms. The van der Waals surface area contributed by atoms with E-state index < -0.39 is 0 Å². The minimum absolute atomic E-state index is 0.311. The number of anilines is 2. The lowest BCUT2D eigenvalue weighted by Crippen LogP contribution is -2.09. The molecule has 0 fully saturated rings. The van der Waals surface area contributed by atoms with Crippen LogP contribution in [0.3, 0.4) is 0 Å². The number of carbonyl (C=O) groups is 1. The van der Waals surface area contributed by atoms with Crippen molar-refractivity contribution in [3.63, 3.8) is 0 Å². The highest BCUT2D eigenvalue weighted by Gasteiger charge is 2.11. The van der Waals surface area contributed by atoms with Gasteiger partial charge in [-0.25, -0.2) is 4.79 Å². The highest BCUT2D eigenvalue weighted by Crippen LogP contribution is 2.29. The van der Waals surface area contributed by atoms with E-state index in [1.54, 1.807) is 6.92 Å². The van der Waals surface area contributed by atoms with Crippen LogP contribution in [0.1, 0.15) is 13.3 Å². The van der Waals surface area contributed by atoms with Crippen molar-refractivity contribution in [1.29, 1.82) is 0 Å². The Balaban J connectivity index is 0.000000176. The van der Waals surface area contributed by atoms with Crippen molar-refractivity contribution in [1.82, 2.24) is 19.2 Å². The topological polar surface area (TPSA) is 116 Å². The molecule has 0 aliphatic carbocycles. The SMILES string of the molecule is CCC(=O)ONc1nnsc1-c1ccccc1.Nc1nnsc1-c1ccccc1. The van der Waals surface area contributed by atoms with Gasteiger partial charge in [0.2, 0.25) is 5.82 Å². The molecule has 4 rings (SSSR count). The van der Waals surface area contributed by atoms with Gasteiger partial charge in [-0.1, -0.05) is 76.6 Å². The Bertz CT molecular complexity index is 1040. The Labute approximate surface area is 175 Å². The van der Waals surface area contributed by atoms with Gasteiger partial charge < -0.3 is 10.6 Å². The summed E-state index contributed by atoms with van der Waals surface area (Å²) < 4.78 is 7.60. The number of carbonyl (C=O) groups excluding carboxylic acids is 1. The van der Waals surface area contributed by atoms with Gasteiger partial charge in [0, 0.05) is 6.42 Å². The minimum Gasteiger partial charge on any atom is -0.381 e. The van der Waals surface area contributed by atoms with Gasteiger partial charge in [0.1, 0.15) is 4.88 Å². The van der Waals surface area contributed by atoms with Crippen LogP contribution >= 0.6 is 23.1 Å². The van der Waals surface area contributed by atoms with Crippen LogP contribution in [0.5, 0.6) is 0 Å². The molecule has 3 N–H and O–H groups in total. The molecule has 0 atom stereocenters. The van der Waals surface area contributed by atoms with Crippen LogP contribution in [-0.4, -0.2) is 25.1 Å². The zero-order valence-corrected chi connectivity index (χ0v) is 17.1. The second-order valence-electron chi connectivity index (χ2n) is 5.60. The molecule has 0 aliphatic rings. The number of nitrogens with one attached hydrogen (secondary N) is 1. The van der Waals surface area contributed by atoms with Crippen molar-refractivity contribution in [3.05, 3.63) is 60.7 Å². The molecule has 0 saturated heterocycles. The molecule has 148 valence electrons. The first-order chi connectivity index (χ1) is 14.2. The number of aromatic nitrogens is 4. The van der Waals surface area contributed by atoms with Gasteiger partial charge in [0.15, 0.2) is 5.82 Å². The van der Waals surface area contributed by atoms with Gasteiger partial charge in [-0.2, -0.15) is 5.48 Å². The summed E-state index contributed by atoms with van der Waals surface area (Å²) in [4.78, 5) is 17.6. The summed E-state index contributed by atoms with van der Waals surface area (Å²) in [6.45, 7) is 1.72. The molecule has 8 nitrogen and oxygen atoms in total. The van der Waals surface area contributed by atoms with E-state index in [0.29, 0.717) is 18.1 Å². The Morgan fingerprint density at radius 2 is 1.48 bits per heavy atom. The number of hydrogen-bond donors (Lipinski definition) is 2. The van der Waals surface area contributed by atoms with Gasteiger partial charge in [-0.05, 0) is 34.2 Å². The molecule has 0 amide bonds. The number of hydrogen-bond acceptors (Lipinski definition) is 10. The lowest BCUT2D eigenvalue weighted by atomic mass is 10.2. The summed E-state index contributed by atoms with van der Waals surface area (Å²) in [6.07, 6.45) is 0.311. The maximum Gasteiger partial charge on any atom is 0.331 e. The summed E-state index contributed by atoms with van der Waals surface area (Å²) in [6, 6.07) is 19.6. The molecule has 4 aromatic rings. The van der Waals surface area contributed by atoms with Gasteiger partial charge in [0.05, 0.1) is 4.88 Å². The van der Waals surface area contributed by atoms with Crippen LogP contribution < -0.4 is 11.2 Å². The molecule has 10 heteroatoms. The summed E-state index contributed by atoms with van der Waals surface area (Å²) >= 11 is 2.56. The van der Waals surface area contributed by atoms with Crippen molar-refractivity contribution in [2.75, 3.05) is 11.2 Å². The van der Waals surface area contributed by atoms with E-state index >= 15 is 0 Å². The average molecular weight is 427 g/mol. The van der Waals surface area contributed by atoms with Crippen LogP contribution in [0.4, 0.5) is 11.6 Å². The first-order valence-corrected chi connectivity index (χ1v) is 10.2. The third-order valence-corrected chi connectivity index (χ3v) is 5.19. The van der Waals surface area contributed by atoms with Crippen molar-refractivity contribution in [2.24, 2.45) is 0 Å². The molecule has 2 heterocycles. The van der Waals surface area contributed by atoms with Crippen molar-refractivity contribution in [3.8, 4) is 20.9 Å². The number of nitrogens with two attached hydrogens (primary N) is 1. The number of rotatable bonds is 5. The van der Waals surface area contributed by atoms with E-state index in [1.165, 1.54) is 23.1 Å². The molecule has 0 aliphatic heterocycles. The molecule has 0 spiro atoms. The zero-order valence-electron chi connectivity index (χ0n) is 15.5. The third-order valence-electron chi connectivity index (χ3n) is 3.62. The molecule has 0 saturated carbocycles. The van der Waals surface area contributed by atoms with Crippen LogP contribution in [0.15, 0.2) is 60.7 Å². The summed E-state index contributed by atoms with van der Waals surface area (Å²) in [5.41, 5.74) is 10.2. The highest BCUT2D eigenvalue weighted by atomic mass is 32.1. The maximum absolute atomic E-state index is 11.0. The standard InChI is InChI=1S/C11H11N3O2S.C8H7N3S/c1-2-9(15)16-13-11-10(17-14-12-11)8-6-4-3-5-7-8;9-8-7(12-11-10-8)6-4-2-1-3-5-6/h3-7,13H,2H2,1H3;1-5H,9H2. The monoisotopic (exact) mass is 426 g/mol. The Morgan fingerprint density at radius 1 is 0.931 bits per heavy atom. The fourth-order valence-electron chi connectivity index (χ4n) is 2.20. The second kappa shape index (κ2) is 10.2. The molecular formula is C19H18N6O2S2. The minimum atomic E-state index is -0.336. The predicted molar refractivity (Wildman–Crippen MR) is 115 cm³/mol. The Kier molecular flexibility index (Phi) is 7.20. The summed E-state index contributed by atoms with van der Waals surface area (Å²) in [5.74, 6) is 0.631. The average Bonchev–Trinajstić information content (AvgIpc) is 3.42. The number of benzene rings is 2. The lowest BCUT2D eigenvalue weighted by molar-refractivity contribution is -0.140. The van der Waals surface area contributed by atoms with Crippen molar-refractivity contribution in [2.45, 2.75) is 13.3 Å². The molecule has 2 aromatic carbocycles. The maximum atomic E-state index is 11.0.